The monoisotopic (exact) mass is 332 g/mol. The van der Waals surface area contributed by atoms with E-state index in [1.165, 1.54) is 12.3 Å². The Bertz CT molecular complexity index is 733. The minimum Gasteiger partial charge on any atom is -0.468 e. The van der Waals surface area contributed by atoms with E-state index in [4.69, 9.17) is 4.42 Å². The first-order valence-corrected chi connectivity index (χ1v) is 8.07. The van der Waals surface area contributed by atoms with Crippen LogP contribution in [-0.2, 0) is 9.53 Å². The minimum absolute atomic E-state index is 0.0281. The van der Waals surface area contributed by atoms with Crippen LogP contribution in [0.1, 0.15) is 12.5 Å². The van der Waals surface area contributed by atoms with Crippen molar-refractivity contribution in [1.29, 1.82) is 0 Å². The summed E-state index contributed by atoms with van der Waals surface area (Å²) in [5.41, 5.74) is 2.88. The number of fused-ring (bicyclic) bond motifs is 1. The van der Waals surface area contributed by atoms with E-state index >= 15 is 0 Å². The fourth-order valence-corrected chi connectivity index (χ4v) is 2.66. The van der Waals surface area contributed by atoms with Crippen LogP contribution in [-0.4, -0.2) is 51.2 Å². The Kier molecular flexibility index (Phi) is 6.37. The van der Waals surface area contributed by atoms with Crippen molar-refractivity contribution in [2.24, 2.45) is 0 Å². The van der Waals surface area contributed by atoms with E-state index in [1.54, 1.807) is 6.92 Å². The highest BCUT2D eigenvalue weighted by Gasteiger charge is 2.18. The zero-order valence-electron chi connectivity index (χ0n) is 14.4. The third-order valence-electron chi connectivity index (χ3n) is 3.96. The van der Waals surface area contributed by atoms with Gasteiger partial charge in [-0.25, -0.2) is 0 Å². The van der Waals surface area contributed by atoms with Gasteiger partial charge in [0.1, 0.15) is 0 Å². The Labute approximate surface area is 141 Å². The second-order valence-electron chi connectivity index (χ2n) is 5.79. The van der Waals surface area contributed by atoms with Gasteiger partial charge in [0.15, 0.2) is 11.0 Å². The normalized spacial score (nSPS) is 14.9. The average Bonchev–Trinajstić information content (AvgIpc) is 2.57. The number of anilines is 1. The summed E-state index contributed by atoms with van der Waals surface area (Å²) >= 11 is 0. The van der Waals surface area contributed by atoms with Gasteiger partial charge < -0.3 is 19.0 Å². The van der Waals surface area contributed by atoms with Gasteiger partial charge in [0, 0.05) is 32.2 Å². The predicted molar refractivity (Wildman–Crippen MR) is 94.6 cm³/mol. The fourth-order valence-electron chi connectivity index (χ4n) is 2.66. The van der Waals surface area contributed by atoms with Crippen LogP contribution in [0.25, 0.3) is 11.0 Å². The van der Waals surface area contributed by atoms with Gasteiger partial charge in [-0.1, -0.05) is 0 Å². The molecule has 0 bridgehead atoms. The molecule has 1 saturated heterocycles. The van der Waals surface area contributed by atoms with Crippen LogP contribution in [0.15, 0.2) is 33.7 Å². The van der Waals surface area contributed by atoms with Crippen molar-refractivity contribution < 1.29 is 13.9 Å². The van der Waals surface area contributed by atoms with Crippen molar-refractivity contribution in [2.45, 2.75) is 13.8 Å². The summed E-state index contributed by atoms with van der Waals surface area (Å²) in [5, 5.41) is 0.677. The van der Waals surface area contributed by atoms with Crippen molar-refractivity contribution in [3.05, 3.63) is 40.2 Å². The number of rotatable bonds is 3. The number of benzene rings is 1. The quantitative estimate of drug-likeness (QED) is 0.802. The summed E-state index contributed by atoms with van der Waals surface area (Å²) in [6.07, 6.45) is 1.49. The highest BCUT2D eigenvalue weighted by molar-refractivity contribution is 5.89. The Balaban J connectivity index is 0.000000368. The maximum Gasteiger partial charge on any atom is 0.293 e. The van der Waals surface area contributed by atoms with Crippen LogP contribution in [0.2, 0.25) is 0 Å². The van der Waals surface area contributed by atoms with Crippen LogP contribution in [0.4, 0.5) is 5.69 Å². The molecule has 1 fully saturated rings. The molecule has 1 aliphatic rings. The number of piperazine rings is 1. The molecule has 6 heteroatoms. The lowest BCUT2D eigenvalue weighted by Crippen LogP contribution is -2.44. The predicted octanol–water partition coefficient (Wildman–Crippen LogP) is 2.03. The average molecular weight is 332 g/mol. The van der Waals surface area contributed by atoms with Crippen molar-refractivity contribution >= 4 is 23.1 Å². The topological polar surface area (TPSA) is 63.0 Å². The summed E-state index contributed by atoms with van der Waals surface area (Å²) < 4.78 is 9.76. The smallest absolute Gasteiger partial charge is 0.293 e. The maximum atomic E-state index is 11.9. The number of hydrogen-bond donors (Lipinski definition) is 0. The SMILES string of the molecule is CCOC=O.Cc1cc(N2CCN(C)CC2)c2occc(=O)c2c1. The summed E-state index contributed by atoms with van der Waals surface area (Å²) in [6, 6.07) is 5.49. The van der Waals surface area contributed by atoms with E-state index in [0.29, 0.717) is 24.0 Å². The van der Waals surface area contributed by atoms with Gasteiger partial charge in [0.25, 0.3) is 6.47 Å². The molecule has 1 aliphatic heterocycles. The van der Waals surface area contributed by atoms with Gasteiger partial charge in [-0.05, 0) is 38.6 Å². The molecule has 0 spiro atoms. The number of aryl methyl sites for hydroxylation is 1. The molecule has 0 atom stereocenters. The molecule has 130 valence electrons. The summed E-state index contributed by atoms with van der Waals surface area (Å²) in [6.45, 7) is 8.68. The molecule has 3 rings (SSSR count). The Morgan fingerprint density at radius 1 is 1.25 bits per heavy atom. The van der Waals surface area contributed by atoms with Gasteiger partial charge in [0.2, 0.25) is 0 Å². The minimum atomic E-state index is 0.0281. The van der Waals surface area contributed by atoms with Crippen LogP contribution in [0.3, 0.4) is 0 Å². The second-order valence-corrected chi connectivity index (χ2v) is 5.79. The number of nitrogens with zero attached hydrogens (tertiary/aromatic N) is 2. The lowest BCUT2D eigenvalue weighted by molar-refractivity contribution is -0.128. The third-order valence-corrected chi connectivity index (χ3v) is 3.96. The molecule has 1 aromatic heterocycles. The first kappa shape index (κ1) is 18.0. The molecule has 0 N–H and O–H groups in total. The van der Waals surface area contributed by atoms with Crippen molar-refractivity contribution in [1.82, 2.24) is 4.90 Å². The fraction of sp³-hybridized carbons (Fsp3) is 0.444. The summed E-state index contributed by atoms with van der Waals surface area (Å²) in [5.74, 6) is 0. The van der Waals surface area contributed by atoms with Gasteiger partial charge in [0.05, 0.1) is 23.9 Å². The molecule has 0 amide bonds. The molecule has 0 radical (unpaired) electrons. The van der Waals surface area contributed by atoms with Gasteiger partial charge >= 0.3 is 0 Å². The highest BCUT2D eigenvalue weighted by Crippen LogP contribution is 2.27. The van der Waals surface area contributed by atoms with E-state index in [-0.39, 0.29) is 5.43 Å². The molecular weight excluding hydrogens is 308 g/mol. The second kappa shape index (κ2) is 8.49. The highest BCUT2D eigenvalue weighted by atomic mass is 16.5. The first-order chi connectivity index (χ1) is 11.6. The molecular formula is C18H24N2O4. The standard InChI is InChI=1S/C15H18N2O2.C3H6O2/c1-11-9-12-14(18)3-8-19-15(12)13(10-11)17-6-4-16(2)5-7-17;1-2-5-3-4/h3,8-10H,4-7H2,1-2H3;3H,2H2,1H3. The number of carbonyl (C=O) groups is 1. The lowest BCUT2D eigenvalue weighted by Gasteiger charge is -2.34. The van der Waals surface area contributed by atoms with Gasteiger partial charge in [-0.15, -0.1) is 0 Å². The molecule has 2 heterocycles. The number of ether oxygens (including phenoxy) is 1. The Morgan fingerprint density at radius 2 is 1.96 bits per heavy atom. The van der Waals surface area contributed by atoms with Crippen LogP contribution in [0.5, 0.6) is 0 Å². The van der Waals surface area contributed by atoms with Gasteiger partial charge in [-0.2, -0.15) is 0 Å². The molecule has 2 aromatic rings. The van der Waals surface area contributed by atoms with E-state index in [2.05, 4.69) is 27.7 Å². The van der Waals surface area contributed by atoms with E-state index in [0.717, 1.165) is 37.4 Å². The largest absolute Gasteiger partial charge is 0.468 e. The van der Waals surface area contributed by atoms with E-state index in [9.17, 15) is 9.59 Å². The van der Waals surface area contributed by atoms with E-state index < -0.39 is 0 Å². The Morgan fingerprint density at radius 3 is 2.54 bits per heavy atom. The van der Waals surface area contributed by atoms with Gasteiger partial charge in [-0.3, -0.25) is 9.59 Å². The van der Waals surface area contributed by atoms with Crippen molar-refractivity contribution in [3.8, 4) is 0 Å². The number of likely N-dealkylation sites (N-methyl/N-ethyl adjacent to an activating group) is 1. The zero-order valence-corrected chi connectivity index (χ0v) is 14.4. The lowest BCUT2D eigenvalue weighted by atomic mass is 10.1. The molecule has 0 aliphatic carbocycles. The number of carbonyl (C=O) groups excluding carboxylic acids is 1. The third kappa shape index (κ3) is 4.35. The maximum absolute atomic E-state index is 11.9. The van der Waals surface area contributed by atoms with Crippen LogP contribution >= 0.6 is 0 Å². The molecule has 6 nitrogen and oxygen atoms in total. The van der Waals surface area contributed by atoms with Crippen LogP contribution in [0, 0.1) is 6.92 Å². The first-order valence-electron chi connectivity index (χ1n) is 8.07. The van der Waals surface area contributed by atoms with Crippen molar-refractivity contribution in [3.63, 3.8) is 0 Å². The molecule has 24 heavy (non-hydrogen) atoms. The van der Waals surface area contributed by atoms with Crippen molar-refractivity contribution in [2.75, 3.05) is 44.7 Å². The molecule has 0 saturated carbocycles. The summed E-state index contributed by atoms with van der Waals surface area (Å²) in [4.78, 5) is 25.7. The zero-order chi connectivity index (χ0) is 17.5. The van der Waals surface area contributed by atoms with E-state index in [1.807, 2.05) is 13.0 Å². The van der Waals surface area contributed by atoms with Crippen LogP contribution < -0.4 is 10.3 Å². The Hall–Kier alpha value is -2.34. The number of hydrogen-bond acceptors (Lipinski definition) is 6. The molecule has 1 aromatic carbocycles. The summed E-state index contributed by atoms with van der Waals surface area (Å²) in [7, 11) is 2.13. The molecule has 0 unspecified atom stereocenters.